The first-order valence-electron chi connectivity index (χ1n) is 19.9. The second kappa shape index (κ2) is 11.8. The number of furan rings is 1. The Morgan fingerprint density at radius 1 is 0.310 bits per heavy atom. The Morgan fingerprint density at radius 3 is 1.38 bits per heavy atom. The van der Waals surface area contributed by atoms with Crippen molar-refractivity contribution in [3.8, 4) is 28.2 Å². The van der Waals surface area contributed by atoms with Crippen molar-refractivity contribution in [2.45, 2.75) is 0 Å². The van der Waals surface area contributed by atoms with Crippen LogP contribution in [-0.2, 0) is 0 Å². The first-order valence-corrected chi connectivity index (χ1v) is 19.9. The normalized spacial score (nSPS) is 12.1. The Kier molecular flexibility index (Phi) is 6.41. The highest BCUT2D eigenvalue weighted by Gasteiger charge is 2.25. The van der Waals surface area contributed by atoms with Crippen LogP contribution >= 0.6 is 0 Å². The van der Waals surface area contributed by atoms with E-state index in [9.17, 15) is 0 Å². The monoisotopic (exact) mass is 739 g/mol. The molecule has 0 spiro atoms. The Balaban J connectivity index is 1.09. The summed E-state index contributed by atoms with van der Waals surface area (Å²) in [4.78, 5) is 0. The smallest absolute Gasteiger partial charge is 0.161 e. The van der Waals surface area contributed by atoms with E-state index in [1.54, 1.807) is 0 Å². The van der Waals surface area contributed by atoms with Gasteiger partial charge in [-0.05, 0) is 90.0 Å². The van der Waals surface area contributed by atoms with Gasteiger partial charge in [-0.1, -0.05) is 121 Å². The minimum absolute atomic E-state index is 0.876. The second-order valence-electron chi connectivity index (χ2n) is 15.3. The first kappa shape index (κ1) is 31.4. The Morgan fingerprint density at radius 2 is 0.759 bits per heavy atom. The molecule has 270 valence electrons. The maximum absolute atomic E-state index is 6.97. The molecular formula is C54H33N3O. The molecule has 0 amide bonds. The summed E-state index contributed by atoms with van der Waals surface area (Å²) in [7, 11) is 0. The molecule has 0 radical (unpaired) electrons. The molecule has 0 bridgehead atoms. The molecule has 4 heteroatoms. The molecule has 13 rings (SSSR count). The number of aromatic nitrogens is 3. The molecule has 0 saturated heterocycles. The zero-order valence-corrected chi connectivity index (χ0v) is 31.3. The predicted octanol–water partition coefficient (Wildman–Crippen LogP) is 14.5. The maximum Gasteiger partial charge on any atom is 0.161 e. The van der Waals surface area contributed by atoms with Crippen molar-refractivity contribution in [2.24, 2.45) is 0 Å². The summed E-state index contributed by atoms with van der Waals surface area (Å²) in [5.74, 6) is 0. The van der Waals surface area contributed by atoms with Gasteiger partial charge < -0.3 is 18.1 Å². The highest BCUT2D eigenvalue weighted by molar-refractivity contribution is 6.27. The molecule has 58 heavy (non-hydrogen) atoms. The highest BCUT2D eigenvalue weighted by atomic mass is 16.3. The molecular weight excluding hydrogens is 707 g/mol. The van der Waals surface area contributed by atoms with Crippen LogP contribution in [0.4, 0.5) is 0 Å². The molecule has 0 fully saturated rings. The Labute approximate surface area is 332 Å². The van der Waals surface area contributed by atoms with Crippen molar-refractivity contribution < 1.29 is 4.42 Å². The largest absolute Gasteiger partial charge is 0.454 e. The molecule has 0 aliphatic heterocycles. The van der Waals surface area contributed by atoms with Crippen LogP contribution in [0.3, 0.4) is 0 Å². The quantitative estimate of drug-likeness (QED) is 0.177. The molecule has 9 aromatic carbocycles. The Hall–Kier alpha value is -7.82. The van der Waals surface area contributed by atoms with Crippen molar-refractivity contribution in [3.63, 3.8) is 0 Å². The SMILES string of the molecule is c1ccc(-n2c3ccccc3c3cc(-c4ccc5c(c4)c4ccccc4n5-c4cc5c6ccccc6n(-c6ccccc6)c5c5c4oc4ccccc45)ccc32)cc1. The van der Waals surface area contributed by atoms with Crippen LogP contribution in [0.15, 0.2) is 205 Å². The lowest BCUT2D eigenvalue weighted by molar-refractivity contribution is 0.666. The first-order chi connectivity index (χ1) is 28.8. The van der Waals surface area contributed by atoms with Gasteiger partial charge >= 0.3 is 0 Å². The highest BCUT2D eigenvalue weighted by Crippen LogP contribution is 2.46. The third-order valence-corrected chi connectivity index (χ3v) is 12.2. The predicted molar refractivity (Wildman–Crippen MR) is 242 cm³/mol. The molecule has 13 aromatic rings. The van der Waals surface area contributed by atoms with E-state index in [0.717, 1.165) is 55.6 Å². The number of hydrogen-bond donors (Lipinski definition) is 0. The molecule has 0 saturated carbocycles. The van der Waals surface area contributed by atoms with Gasteiger partial charge in [-0.15, -0.1) is 0 Å². The zero-order chi connectivity index (χ0) is 37.9. The van der Waals surface area contributed by atoms with E-state index in [4.69, 9.17) is 4.42 Å². The third-order valence-electron chi connectivity index (χ3n) is 12.2. The number of hydrogen-bond acceptors (Lipinski definition) is 1. The molecule has 0 atom stereocenters. The summed E-state index contributed by atoms with van der Waals surface area (Å²) in [5, 5.41) is 9.54. The topological polar surface area (TPSA) is 27.9 Å². The van der Waals surface area contributed by atoms with Gasteiger partial charge in [0.1, 0.15) is 5.58 Å². The molecule has 4 heterocycles. The van der Waals surface area contributed by atoms with Crippen LogP contribution in [0.2, 0.25) is 0 Å². The summed E-state index contributed by atoms with van der Waals surface area (Å²) in [6.45, 7) is 0. The maximum atomic E-state index is 6.97. The minimum atomic E-state index is 0.876. The number of benzene rings is 9. The second-order valence-corrected chi connectivity index (χ2v) is 15.3. The fourth-order valence-electron chi connectivity index (χ4n) is 9.75. The van der Waals surface area contributed by atoms with Gasteiger partial charge in [0.05, 0.1) is 44.2 Å². The fraction of sp³-hybridized carbons (Fsp3) is 0. The van der Waals surface area contributed by atoms with Crippen molar-refractivity contribution in [1.82, 2.24) is 13.7 Å². The van der Waals surface area contributed by atoms with E-state index in [-0.39, 0.29) is 0 Å². The summed E-state index contributed by atoms with van der Waals surface area (Å²) < 4.78 is 14.2. The average molecular weight is 740 g/mol. The molecule has 0 unspecified atom stereocenters. The standard InChI is InChI=1S/C54H33N3O/c1-3-15-36(16-4-1)55-45-23-11-7-19-38(45)42-31-34(27-29-48(42)55)35-28-30-49-43(32-35)39-20-8-13-25-47(39)57(49)50-33-44-40-21-9-12-24-46(40)56(37-17-5-2-6-18-37)53(44)52-41-22-10-14-26-51(41)58-54(50)52/h1-33H. The summed E-state index contributed by atoms with van der Waals surface area (Å²) >= 11 is 0. The van der Waals surface area contributed by atoms with Crippen molar-refractivity contribution in [1.29, 1.82) is 0 Å². The van der Waals surface area contributed by atoms with Crippen LogP contribution in [0.1, 0.15) is 0 Å². The van der Waals surface area contributed by atoms with Gasteiger partial charge in [0.15, 0.2) is 5.58 Å². The third kappa shape index (κ3) is 4.29. The van der Waals surface area contributed by atoms with E-state index in [2.05, 4.69) is 214 Å². The summed E-state index contributed by atoms with van der Waals surface area (Å²) in [6.07, 6.45) is 0. The van der Waals surface area contributed by atoms with Crippen LogP contribution in [0, 0.1) is 0 Å². The van der Waals surface area contributed by atoms with Crippen LogP contribution in [0.25, 0.3) is 116 Å². The Bertz CT molecular complexity index is 3790. The van der Waals surface area contributed by atoms with Crippen molar-refractivity contribution in [3.05, 3.63) is 200 Å². The van der Waals surface area contributed by atoms with Gasteiger partial charge in [0, 0.05) is 49.1 Å². The zero-order valence-electron chi connectivity index (χ0n) is 31.3. The van der Waals surface area contributed by atoms with E-state index < -0.39 is 0 Å². The lowest BCUT2D eigenvalue weighted by atomic mass is 10.0. The van der Waals surface area contributed by atoms with E-state index in [1.165, 1.54) is 60.0 Å². The summed E-state index contributed by atoms with van der Waals surface area (Å²) in [5.41, 5.74) is 14.5. The molecule has 0 N–H and O–H groups in total. The van der Waals surface area contributed by atoms with E-state index in [0.29, 0.717) is 0 Å². The van der Waals surface area contributed by atoms with Crippen molar-refractivity contribution >= 4 is 87.4 Å². The van der Waals surface area contributed by atoms with Crippen molar-refractivity contribution in [2.75, 3.05) is 0 Å². The van der Waals surface area contributed by atoms with Gasteiger partial charge in [0.2, 0.25) is 0 Å². The molecule has 0 aliphatic rings. The number of fused-ring (bicyclic) bond motifs is 13. The van der Waals surface area contributed by atoms with Gasteiger partial charge in [-0.3, -0.25) is 0 Å². The van der Waals surface area contributed by atoms with Gasteiger partial charge in [-0.2, -0.15) is 0 Å². The summed E-state index contributed by atoms with van der Waals surface area (Å²) in [6, 6.07) is 72.3. The van der Waals surface area contributed by atoms with Gasteiger partial charge in [0.25, 0.3) is 0 Å². The molecule has 4 nitrogen and oxygen atoms in total. The molecule has 4 aromatic heterocycles. The number of nitrogens with zero attached hydrogens (tertiary/aromatic N) is 3. The van der Waals surface area contributed by atoms with E-state index >= 15 is 0 Å². The average Bonchev–Trinajstić information content (AvgIpc) is 4.03. The number of rotatable bonds is 4. The number of para-hydroxylation sites is 6. The van der Waals surface area contributed by atoms with Crippen LogP contribution in [0.5, 0.6) is 0 Å². The van der Waals surface area contributed by atoms with Gasteiger partial charge in [-0.25, -0.2) is 0 Å². The fourth-order valence-corrected chi connectivity index (χ4v) is 9.75. The lowest BCUT2D eigenvalue weighted by Gasteiger charge is -2.12. The van der Waals surface area contributed by atoms with Crippen LogP contribution < -0.4 is 0 Å². The lowest BCUT2D eigenvalue weighted by Crippen LogP contribution is -1.97. The minimum Gasteiger partial charge on any atom is -0.454 e. The molecule has 0 aliphatic carbocycles. The van der Waals surface area contributed by atoms with Crippen LogP contribution in [-0.4, -0.2) is 13.7 Å². The van der Waals surface area contributed by atoms with E-state index in [1.807, 2.05) is 0 Å².